The fourth-order valence-electron chi connectivity index (χ4n) is 3.22. The number of sulfone groups is 1. The maximum Gasteiger partial charge on any atom is 0.240 e. The van der Waals surface area contributed by atoms with E-state index >= 15 is 0 Å². The van der Waals surface area contributed by atoms with Crippen LogP contribution in [0, 0.1) is 0 Å². The molecule has 2 aliphatic heterocycles. The first kappa shape index (κ1) is 18.3. The summed E-state index contributed by atoms with van der Waals surface area (Å²) in [7, 11) is -6.86. The molecular weight excluding hydrogens is 364 g/mol. The molecule has 1 aromatic carbocycles. The molecule has 0 aliphatic carbocycles. The minimum absolute atomic E-state index is 0.0222. The molecule has 2 saturated heterocycles. The van der Waals surface area contributed by atoms with Crippen LogP contribution in [-0.4, -0.2) is 58.3 Å². The van der Waals surface area contributed by atoms with E-state index in [1.54, 1.807) is 12.1 Å². The van der Waals surface area contributed by atoms with E-state index in [0.717, 1.165) is 18.5 Å². The normalized spacial score (nSPS) is 23.3. The van der Waals surface area contributed by atoms with Crippen LogP contribution < -0.4 is 4.72 Å². The van der Waals surface area contributed by atoms with Crippen molar-refractivity contribution in [1.29, 1.82) is 0 Å². The Balaban J connectivity index is 1.60. The fraction of sp³-hybridized carbons (Fsp3) is 0.562. The lowest BCUT2D eigenvalue weighted by atomic mass is 10.1. The Morgan fingerprint density at radius 2 is 1.92 bits per heavy atom. The van der Waals surface area contributed by atoms with Crippen molar-refractivity contribution in [3.8, 4) is 0 Å². The van der Waals surface area contributed by atoms with Crippen LogP contribution in [0.4, 0.5) is 0 Å². The first-order valence-electron chi connectivity index (χ1n) is 8.35. The molecule has 2 heterocycles. The van der Waals surface area contributed by atoms with Gasteiger partial charge in [-0.05, 0) is 37.0 Å². The lowest BCUT2D eigenvalue weighted by Crippen LogP contribution is -2.35. The Bertz CT molecular complexity index is 847. The van der Waals surface area contributed by atoms with Crippen LogP contribution in [0.2, 0.25) is 0 Å². The van der Waals surface area contributed by atoms with E-state index in [0.29, 0.717) is 25.8 Å². The lowest BCUT2D eigenvalue weighted by Gasteiger charge is -2.15. The molecule has 3 rings (SSSR count). The van der Waals surface area contributed by atoms with Crippen LogP contribution in [0.1, 0.15) is 24.8 Å². The van der Waals surface area contributed by atoms with E-state index in [1.807, 2.05) is 4.90 Å². The van der Waals surface area contributed by atoms with Gasteiger partial charge in [0.25, 0.3) is 0 Å². The van der Waals surface area contributed by atoms with Gasteiger partial charge in [-0.3, -0.25) is 4.79 Å². The van der Waals surface area contributed by atoms with Crippen molar-refractivity contribution < 1.29 is 21.6 Å². The largest absolute Gasteiger partial charge is 0.342 e. The van der Waals surface area contributed by atoms with Crippen molar-refractivity contribution >= 4 is 25.8 Å². The molecule has 9 heteroatoms. The van der Waals surface area contributed by atoms with Crippen LogP contribution in [-0.2, 0) is 31.1 Å². The molecule has 138 valence electrons. The third kappa shape index (κ3) is 4.59. The zero-order valence-electron chi connectivity index (χ0n) is 13.8. The van der Waals surface area contributed by atoms with Gasteiger partial charge in [-0.2, -0.15) is 0 Å². The SMILES string of the molecule is O=C1CCCN1CCc1ccc(S(=O)(=O)NC2CCS(=O)(=O)C2)cc1. The van der Waals surface area contributed by atoms with Crippen molar-refractivity contribution in [2.45, 2.75) is 36.6 Å². The number of hydrogen-bond donors (Lipinski definition) is 1. The van der Waals surface area contributed by atoms with E-state index in [9.17, 15) is 21.6 Å². The molecule has 7 nitrogen and oxygen atoms in total. The van der Waals surface area contributed by atoms with Gasteiger partial charge in [0.15, 0.2) is 9.84 Å². The average molecular weight is 386 g/mol. The maximum absolute atomic E-state index is 12.4. The number of likely N-dealkylation sites (tertiary alicyclic amines) is 1. The van der Waals surface area contributed by atoms with Gasteiger partial charge in [0.2, 0.25) is 15.9 Å². The molecule has 1 atom stereocenters. The average Bonchev–Trinajstić information content (AvgIpc) is 3.10. The van der Waals surface area contributed by atoms with Crippen LogP contribution in [0.15, 0.2) is 29.2 Å². The van der Waals surface area contributed by atoms with E-state index in [-0.39, 0.29) is 22.3 Å². The number of nitrogens with zero attached hydrogens (tertiary/aromatic N) is 1. The Hall–Kier alpha value is -1.45. The predicted molar refractivity (Wildman–Crippen MR) is 93.3 cm³/mol. The number of hydrogen-bond acceptors (Lipinski definition) is 5. The van der Waals surface area contributed by atoms with E-state index < -0.39 is 25.9 Å². The highest BCUT2D eigenvalue weighted by Gasteiger charge is 2.31. The Morgan fingerprint density at radius 1 is 1.20 bits per heavy atom. The number of amides is 1. The summed E-state index contributed by atoms with van der Waals surface area (Å²) in [6, 6.07) is 5.96. The molecule has 0 aromatic heterocycles. The van der Waals surface area contributed by atoms with Gasteiger partial charge in [-0.1, -0.05) is 12.1 Å². The zero-order chi connectivity index (χ0) is 18.1. The third-order valence-electron chi connectivity index (χ3n) is 4.63. The molecule has 1 amide bonds. The van der Waals surface area contributed by atoms with Gasteiger partial charge in [-0.15, -0.1) is 0 Å². The number of carbonyl (C=O) groups excluding carboxylic acids is 1. The summed E-state index contributed by atoms with van der Waals surface area (Å²) in [5.41, 5.74) is 0.960. The second-order valence-corrected chi connectivity index (χ2v) is 10.5. The van der Waals surface area contributed by atoms with E-state index in [2.05, 4.69) is 4.72 Å². The highest BCUT2D eigenvalue weighted by molar-refractivity contribution is 7.92. The first-order chi connectivity index (χ1) is 11.8. The molecule has 0 spiro atoms. The number of sulfonamides is 1. The molecule has 0 bridgehead atoms. The minimum atomic E-state index is -3.73. The lowest BCUT2D eigenvalue weighted by molar-refractivity contribution is -0.127. The quantitative estimate of drug-likeness (QED) is 0.759. The molecule has 2 aliphatic rings. The molecule has 25 heavy (non-hydrogen) atoms. The summed E-state index contributed by atoms with van der Waals surface area (Å²) in [5.74, 6) is 0.0533. The second-order valence-electron chi connectivity index (χ2n) is 6.60. The van der Waals surface area contributed by atoms with Gasteiger partial charge in [-0.25, -0.2) is 21.6 Å². The molecular formula is C16H22N2O5S2. The number of carbonyl (C=O) groups is 1. The topological polar surface area (TPSA) is 101 Å². The van der Waals surface area contributed by atoms with Crippen LogP contribution >= 0.6 is 0 Å². The molecule has 1 N–H and O–H groups in total. The zero-order valence-corrected chi connectivity index (χ0v) is 15.5. The summed E-state index contributed by atoms with van der Waals surface area (Å²) < 4.78 is 50.1. The van der Waals surface area contributed by atoms with Crippen molar-refractivity contribution in [3.63, 3.8) is 0 Å². The highest BCUT2D eigenvalue weighted by Crippen LogP contribution is 2.17. The standard InChI is InChI=1S/C16H22N2O5S2/c19-16-2-1-9-18(16)10-7-13-3-5-15(6-4-13)25(22,23)17-14-8-11-24(20,21)12-14/h3-6,14,17H,1-2,7-12H2. The fourth-order valence-corrected chi connectivity index (χ4v) is 6.26. The summed E-state index contributed by atoms with van der Waals surface area (Å²) >= 11 is 0. The second kappa shape index (κ2) is 7.05. The van der Waals surface area contributed by atoms with Crippen molar-refractivity contribution in [2.24, 2.45) is 0 Å². The summed E-state index contributed by atoms with van der Waals surface area (Å²) in [5, 5.41) is 0. The third-order valence-corrected chi connectivity index (χ3v) is 7.93. The molecule has 2 fully saturated rings. The molecule has 1 aromatic rings. The summed E-state index contributed by atoms with van der Waals surface area (Å²) in [6.45, 7) is 1.43. The van der Waals surface area contributed by atoms with Crippen LogP contribution in [0.25, 0.3) is 0 Å². The van der Waals surface area contributed by atoms with E-state index in [1.165, 1.54) is 12.1 Å². The van der Waals surface area contributed by atoms with E-state index in [4.69, 9.17) is 0 Å². The number of rotatable bonds is 6. The highest BCUT2D eigenvalue weighted by atomic mass is 32.2. The molecule has 0 saturated carbocycles. The van der Waals surface area contributed by atoms with Crippen molar-refractivity contribution in [1.82, 2.24) is 9.62 Å². The van der Waals surface area contributed by atoms with Gasteiger partial charge in [0.05, 0.1) is 16.4 Å². The smallest absolute Gasteiger partial charge is 0.240 e. The van der Waals surface area contributed by atoms with Crippen LogP contribution in [0.3, 0.4) is 0 Å². The van der Waals surface area contributed by atoms with Gasteiger partial charge >= 0.3 is 0 Å². The maximum atomic E-state index is 12.4. The Labute approximate surface area is 148 Å². The molecule has 1 unspecified atom stereocenters. The van der Waals surface area contributed by atoms with Gasteiger partial charge in [0.1, 0.15) is 0 Å². The number of nitrogens with one attached hydrogen (secondary N) is 1. The Morgan fingerprint density at radius 3 is 2.48 bits per heavy atom. The molecule has 0 radical (unpaired) electrons. The first-order valence-corrected chi connectivity index (χ1v) is 11.7. The predicted octanol–water partition coefficient (Wildman–Crippen LogP) is 0.317. The van der Waals surface area contributed by atoms with Crippen molar-refractivity contribution in [2.75, 3.05) is 24.6 Å². The number of benzene rings is 1. The summed E-state index contributed by atoms with van der Waals surface area (Å²) in [6.07, 6.45) is 2.50. The van der Waals surface area contributed by atoms with Crippen LogP contribution in [0.5, 0.6) is 0 Å². The minimum Gasteiger partial charge on any atom is -0.342 e. The van der Waals surface area contributed by atoms with Crippen molar-refractivity contribution in [3.05, 3.63) is 29.8 Å². The monoisotopic (exact) mass is 386 g/mol. The van der Waals surface area contributed by atoms with Gasteiger partial charge in [0, 0.05) is 25.6 Å². The summed E-state index contributed by atoms with van der Waals surface area (Å²) in [4.78, 5) is 13.5. The van der Waals surface area contributed by atoms with Gasteiger partial charge < -0.3 is 4.90 Å². The Kier molecular flexibility index (Phi) is 5.17.